The Morgan fingerprint density at radius 1 is 1.39 bits per heavy atom. The van der Waals surface area contributed by atoms with Crippen LogP contribution in [0.5, 0.6) is 0 Å². The summed E-state index contributed by atoms with van der Waals surface area (Å²) in [6, 6.07) is 2.23. The van der Waals surface area contributed by atoms with Crippen molar-refractivity contribution in [1.29, 1.82) is 0 Å². The van der Waals surface area contributed by atoms with Crippen molar-refractivity contribution in [2.24, 2.45) is 5.92 Å². The van der Waals surface area contributed by atoms with Crippen molar-refractivity contribution in [3.8, 4) is 0 Å². The molecule has 0 spiro atoms. The van der Waals surface area contributed by atoms with Gasteiger partial charge in [-0.2, -0.15) is 11.3 Å². The Hall–Kier alpha value is -1.17. The van der Waals surface area contributed by atoms with E-state index < -0.39 is 0 Å². The minimum atomic E-state index is 0.443. The van der Waals surface area contributed by atoms with Crippen LogP contribution in [0.15, 0.2) is 23.2 Å². The number of hydrogen-bond donors (Lipinski definition) is 0. The van der Waals surface area contributed by atoms with Gasteiger partial charge >= 0.3 is 0 Å². The average molecular weight is 331 g/mol. The summed E-state index contributed by atoms with van der Waals surface area (Å²) >= 11 is 1.78. The highest BCUT2D eigenvalue weighted by atomic mass is 32.1. The van der Waals surface area contributed by atoms with Crippen molar-refractivity contribution < 1.29 is 4.74 Å². The summed E-state index contributed by atoms with van der Waals surface area (Å²) in [5, 5.41) is 4.41. The molecule has 124 valence electrons. The molecule has 0 aromatic carbocycles. The maximum atomic E-state index is 5.79. The van der Waals surface area contributed by atoms with E-state index in [1.807, 2.05) is 0 Å². The van der Waals surface area contributed by atoms with E-state index in [1.165, 1.54) is 29.8 Å². The van der Waals surface area contributed by atoms with Crippen molar-refractivity contribution in [3.63, 3.8) is 0 Å². The largest absolute Gasteiger partial charge is 0.381 e. The highest BCUT2D eigenvalue weighted by Crippen LogP contribution is 2.34. The standard InChI is InChI=1S/C18H25N3OS/c1-2-22-11-16-9-20(7-15-5-6-23-12-15)10-17-18(16)21(13-19-17)8-14-3-4-14/h5-6,12-14,16H,2-4,7-11H2,1H3/t16-/m0/s1. The smallest absolute Gasteiger partial charge is 0.0952 e. The first-order valence-corrected chi connectivity index (χ1v) is 9.62. The maximum Gasteiger partial charge on any atom is 0.0952 e. The molecule has 0 amide bonds. The Balaban J connectivity index is 1.54. The summed E-state index contributed by atoms with van der Waals surface area (Å²) in [7, 11) is 0. The van der Waals surface area contributed by atoms with E-state index in [2.05, 4.69) is 39.5 Å². The zero-order valence-corrected chi connectivity index (χ0v) is 14.6. The molecule has 2 aliphatic rings. The topological polar surface area (TPSA) is 30.3 Å². The molecule has 5 heteroatoms. The molecule has 1 fully saturated rings. The Bertz CT molecular complexity index is 633. The molecular formula is C18H25N3OS. The van der Waals surface area contributed by atoms with Gasteiger partial charge in [-0.25, -0.2) is 4.98 Å². The molecule has 0 unspecified atom stereocenters. The van der Waals surface area contributed by atoms with Gasteiger partial charge in [0.15, 0.2) is 0 Å². The quantitative estimate of drug-likeness (QED) is 0.778. The first-order chi connectivity index (χ1) is 11.3. The van der Waals surface area contributed by atoms with Gasteiger partial charge in [-0.05, 0) is 48.1 Å². The zero-order chi connectivity index (χ0) is 15.6. The van der Waals surface area contributed by atoms with Gasteiger partial charge in [-0.15, -0.1) is 0 Å². The SMILES string of the molecule is CCOC[C@@H]1CN(Cc2ccsc2)Cc2ncn(CC3CC3)c21. The molecule has 1 saturated carbocycles. The minimum Gasteiger partial charge on any atom is -0.381 e. The highest BCUT2D eigenvalue weighted by Gasteiger charge is 2.31. The van der Waals surface area contributed by atoms with E-state index in [1.54, 1.807) is 11.3 Å². The van der Waals surface area contributed by atoms with Gasteiger partial charge in [-0.3, -0.25) is 4.90 Å². The van der Waals surface area contributed by atoms with Crippen LogP contribution >= 0.6 is 11.3 Å². The summed E-state index contributed by atoms with van der Waals surface area (Å²) in [6.45, 7) is 7.86. The molecular weight excluding hydrogens is 306 g/mol. The second-order valence-corrected chi connectivity index (χ2v) is 7.61. The lowest BCUT2D eigenvalue weighted by Gasteiger charge is -2.33. The second-order valence-electron chi connectivity index (χ2n) is 6.83. The predicted octanol–water partition coefficient (Wildman–Crippen LogP) is 3.49. The maximum absolute atomic E-state index is 5.79. The highest BCUT2D eigenvalue weighted by molar-refractivity contribution is 7.07. The van der Waals surface area contributed by atoms with E-state index in [-0.39, 0.29) is 0 Å². The van der Waals surface area contributed by atoms with Crippen molar-refractivity contribution >= 4 is 11.3 Å². The summed E-state index contributed by atoms with van der Waals surface area (Å²) in [4.78, 5) is 7.26. The van der Waals surface area contributed by atoms with Gasteiger partial charge in [0.25, 0.3) is 0 Å². The number of hydrogen-bond acceptors (Lipinski definition) is 4. The normalized spacial score (nSPS) is 21.5. The van der Waals surface area contributed by atoms with Crippen molar-refractivity contribution in [2.45, 2.75) is 45.3 Å². The van der Waals surface area contributed by atoms with E-state index >= 15 is 0 Å². The lowest BCUT2D eigenvalue weighted by Crippen LogP contribution is -2.36. The van der Waals surface area contributed by atoms with E-state index in [4.69, 9.17) is 9.72 Å². The fourth-order valence-corrected chi connectivity index (χ4v) is 4.24. The second kappa shape index (κ2) is 6.75. The van der Waals surface area contributed by atoms with Gasteiger partial charge < -0.3 is 9.30 Å². The van der Waals surface area contributed by atoms with Gasteiger partial charge in [-0.1, -0.05) is 0 Å². The molecule has 0 radical (unpaired) electrons. The van der Waals surface area contributed by atoms with Crippen molar-refractivity contribution in [2.75, 3.05) is 19.8 Å². The fourth-order valence-electron chi connectivity index (χ4n) is 3.58. The van der Waals surface area contributed by atoms with Gasteiger partial charge in [0.05, 0.1) is 18.6 Å². The molecule has 3 heterocycles. The molecule has 0 N–H and O–H groups in total. The third kappa shape index (κ3) is 3.52. The van der Waals surface area contributed by atoms with Crippen molar-refractivity contribution in [3.05, 3.63) is 40.1 Å². The monoisotopic (exact) mass is 331 g/mol. The number of fused-ring (bicyclic) bond motifs is 1. The zero-order valence-electron chi connectivity index (χ0n) is 13.8. The number of thiophene rings is 1. The third-order valence-electron chi connectivity index (χ3n) is 4.86. The van der Waals surface area contributed by atoms with Crippen LogP contribution in [0.25, 0.3) is 0 Å². The molecule has 23 heavy (non-hydrogen) atoms. The summed E-state index contributed by atoms with van der Waals surface area (Å²) in [5.74, 6) is 1.32. The molecule has 1 aliphatic heterocycles. The Labute approximate surface area is 142 Å². The van der Waals surface area contributed by atoms with Crippen LogP contribution in [0.2, 0.25) is 0 Å². The summed E-state index contributed by atoms with van der Waals surface area (Å²) in [6.07, 6.45) is 4.83. The van der Waals surface area contributed by atoms with Crippen LogP contribution < -0.4 is 0 Å². The molecule has 0 saturated heterocycles. The molecule has 2 aromatic rings. The number of rotatable bonds is 7. The fraction of sp³-hybridized carbons (Fsp3) is 0.611. The predicted molar refractivity (Wildman–Crippen MR) is 92.6 cm³/mol. The minimum absolute atomic E-state index is 0.443. The number of nitrogens with zero attached hydrogens (tertiary/aromatic N) is 3. The Kier molecular flexibility index (Phi) is 4.51. The Morgan fingerprint density at radius 3 is 3.04 bits per heavy atom. The van der Waals surface area contributed by atoms with Crippen LogP contribution in [0.1, 0.15) is 42.6 Å². The van der Waals surface area contributed by atoms with E-state index in [0.29, 0.717) is 5.92 Å². The molecule has 4 nitrogen and oxygen atoms in total. The Morgan fingerprint density at radius 2 is 2.30 bits per heavy atom. The summed E-state index contributed by atoms with van der Waals surface area (Å²) in [5.41, 5.74) is 4.11. The number of aromatic nitrogens is 2. The summed E-state index contributed by atoms with van der Waals surface area (Å²) < 4.78 is 8.21. The lowest BCUT2D eigenvalue weighted by atomic mass is 9.98. The van der Waals surface area contributed by atoms with Crippen LogP contribution in [-0.4, -0.2) is 34.2 Å². The van der Waals surface area contributed by atoms with E-state index in [9.17, 15) is 0 Å². The molecule has 1 atom stereocenters. The van der Waals surface area contributed by atoms with Crippen LogP contribution in [0.3, 0.4) is 0 Å². The first kappa shape index (κ1) is 15.4. The first-order valence-electron chi connectivity index (χ1n) is 8.68. The lowest BCUT2D eigenvalue weighted by molar-refractivity contribution is 0.102. The van der Waals surface area contributed by atoms with Gasteiger partial charge in [0.2, 0.25) is 0 Å². The average Bonchev–Trinajstić information content (AvgIpc) is 3.05. The third-order valence-corrected chi connectivity index (χ3v) is 5.59. The van der Waals surface area contributed by atoms with E-state index in [0.717, 1.165) is 45.3 Å². The van der Waals surface area contributed by atoms with Crippen LogP contribution in [0.4, 0.5) is 0 Å². The number of ether oxygens (including phenoxy) is 1. The molecule has 2 aromatic heterocycles. The molecule has 1 aliphatic carbocycles. The van der Waals surface area contributed by atoms with Gasteiger partial charge in [0, 0.05) is 44.4 Å². The molecule has 4 rings (SSSR count). The van der Waals surface area contributed by atoms with Crippen LogP contribution in [0, 0.1) is 5.92 Å². The van der Waals surface area contributed by atoms with Crippen LogP contribution in [-0.2, 0) is 24.4 Å². The number of imidazole rings is 1. The van der Waals surface area contributed by atoms with Gasteiger partial charge in [0.1, 0.15) is 0 Å². The molecule has 0 bridgehead atoms. The van der Waals surface area contributed by atoms with Crippen molar-refractivity contribution in [1.82, 2.24) is 14.5 Å².